The van der Waals surface area contributed by atoms with Gasteiger partial charge < -0.3 is 10.2 Å². The summed E-state index contributed by atoms with van der Waals surface area (Å²) in [7, 11) is 2.08. The van der Waals surface area contributed by atoms with Gasteiger partial charge in [-0.15, -0.1) is 0 Å². The van der Waals surface area contributed by atoms with Gasteiger partial charge in [-0.1, -0.05) is 24.6 Å². The largest absolute Gasteiger partial charge is 0.370 e. The van der Waals surface area contributed by atoms with Crippen molar-refractivity contribution < 1.29 is 0 Å². The number of benzene rings is 1. The number of aromatic nitrogens is 1. The molecule has 2 aromatic rings. The number of rotatable bonds is 6. The third-order valence-electron chi connectivity index (χ3n) is 3.19. The maximum atomic E-state index is 6.14. The van der Waals surface area contributed by atoms with Crippen LogP contribution in [0.5, 0.6) is 0 Å². The van der Waals surface area contributed by atoms with E-state index < -0.39 is 0 Å². The van der Waals surface area contributed by atoms with Crippen molar-refractivity contribution in [2.24, 2.45) is 0 Å². The molecule has 20 heavy (non-hydrogen) atoms. The van der Waals surface area contributed by atoms with Crippen LogP contribution in [0.1, 0.15) is 18.1 Å². The fraction of sp³-hybridized carbons (Fsp3) is 0.312. The van der Waals surface area contributed by atoms with Crippen LogP contribution in [0.2, 0.25) is 5.02 Å². The van der Waals surface area contributed by atoms with Crippen molar-refractivity contribution >= 4 is 17.3 Å². The summed E-state index contributed by atoms with van der Waals surface area (Å²) in [6.07, 6.45) is 3.64. The number of pyridine rings is 1. The molecule has 1 aromatic heterocycles. The molecular weight excluding hydrogens is 270 g/mol. The first-order valence-electron chi connectivity index (χ1n) is 6.80. The van der Waals surface area contributed by atoms with Crippen LogP contribution < -0.4 is 10.2 Å². The summed E-state index contributed by atoms with van der Waals surface area (Å²) >= 11 is 6.14. The van der Waals surface area contributed by atoms with Crippen LogP contribution in [0.25, 0.3) is 0 Å². The van der Waals surface area contributed by atoms with Crippen molar-refractivity contribution in [3.05, 3.63) is 58.9 Å². The topological polar surface area (TPSA) is 28.2 Å². The van der Waals surface area contributed by atoms with Crippen LogP contribution in [0.15, 0.2) is 42.7 Å². The summed E-state index contributed by atoms with van der Waals surface area (Å²) in [5.41, 5.74) is 3.65. The Labute approximate surface area is 125 Å². The fourth-order valence-corrected chi connectivity index (χ4v) is 2.32. The number of halogens is 1. The molecule has 1 heterocycles. The third-order valence-corrected chi connectivity index (χ3v) is 3.43. The van der Waals surface area contributed by atoms with E-state index in [-0.39, 0.29) is 0 Å². The maximum Gasteiger partial charge on any atom is 0.0427 e. The van der Waals surface area contributed by atoms with E-state index in [0.29, 0.717) is 0 Å². The van der Waals surface area contributed by atoms with Crippen LogP contribution >= 0.6 is 11.6 Å². The lowest BCUT2D eigenvalue weighted by Crippen LogP contribution is -2.20. The van der Waals surface area contributed by atoms with Crippen molar-refractivity contribution in [1.82, 2.24) is 10.3 Å². The van der Waals surface area contributed by atoms with E-state index in [1.165, 1.54) is 11.1 Å². The van der Waals surface area contributed by atoms with E-state index in [1.807, 2.05) is 36.7 Å². The Morgan fingerprint density at radius 2 is 1.95 bits per heavy atom. The minimum absolute atomic E-state index is 0.766. The van der Waals surface area contributed by atoms with Gasteiger partial charge in [-0.2, -0.15) is 0 Å². The van der Waals surface area contributed by atoms with Crippen molar-refractivity contribution in [2.75, 3.05) is 18.5 Å². The van der Waals surface area contributed by atoms with E-state index in [2.05, 4.69) is 35.2 Å². The summed E-state index contributed by atoms with van der Waals surface area (Å²) in [5, 5.41) is 4.13. The lowest BCUT2D eigenvalue weighted by molar-refractivity contribution is 0.723. The third kappa shape index (κ3) is 3.95. The molecule has 2 rings (SSSR count). The van der Waals surface area contributed by atoms with Crippen LogP contribution in [-0.4, -0.2) is 18.6 Å². The van der Waals surface area contributed by atoms with Gasteiger partial charge in [0.05, 0.1) is 0 Å². The quantitative estimate of drug-likeness (QED) is 0.882. The first-order chi connectivity index (χ1) is 9.70. The lowest BCUT2D eigenvalue weighted by atomic mass is 10.1. The highest BCUT2D eigenvalue weighted by molar-refractivity contribution is 6.30. The van der Waals surface area contributed by atoms with Crippen molar-refractivity contribution in [3.8, 4) is 0 Å². The Morgan fingerprint density at radius 1 is 1.20 bits per heavy atom. The van der Waals surface area contributed by atoms with Gasteiger partial charge in [0.25, 0.3) is 0 Å². The van der Waals surface area contributed by atoms with Crippen molar-refractivity contribution in [1.29, 1.82) is 0 Å². The Morgan fingerprint density at radius 3 is 2.65 bits per heavy atom. The highest BCUT2D eigenvalue weighted by Gasteiger charge is 2.08. The average Bonchev–Trinajstić information content (AvgIpc) is 2.47. The van der Waals surface area contributed by atoms with Crippen molar-refractivity contribution in [2.45, 2.75) is 20.0 Å². The Bertz CT molecular complexity index is 543. The van der Waals surface area contributed by atoms with E-state index in [4.69, 9.17) is 11.6 Å². The second kappa shape index (κ2) is 7.27. The Hall–Kier alpha value is -1.58. The van der Waals surface area contributed by atoms with Gasteiger partial charge in [-0.3, -0.25) is 4.98 Å². The van der Waals surface area contributed by atoms with E-state index >= 15 is 0 Å². The van der Waals surface area contributed by atoms with Crippen LogP contribution in [0, 0.1) is 0 Å². The Balaban J connectivity index is 2.19. The molecule has 0 aliphatic carbocycles. The molecule has 0 aliphatic heterocycles. The highest BCUT2D eigenvalue weighted by atomic mass is 35.5. The summed E-state index contributed by atoms with van der Waals surface area (Å²) in [6.45, 7) is 4.75. The molecule has 1 aromatic carbocycles. The number of hydrogen-bond acceptors (Lipinski definition) is 3. The number of nitrogens with one attached hydrogen (secondary N) is 1. The van der Waals surface area contributed by atoms with E-state index in [1.54, 1.807) is 0 Å². The molecule has 0 unspecified atom stereocenters. The summed E-state index contributed by atoms with van der Waals surface area (Å²) < 4.78 is 0. The molecule has 0 spiro atoms. The van der Waals surface area contributed by atoms with Gasteiger partial charge >= 0.3 is 0 Å². The molecule has 0 saturated carbocycles. The molecule has 0 amide bonds. The van der Waals surface area contributed by atoms with Gasteiger partial charge in [0.1, 0.15) is 0 Å². The molecule has 0 atom stereocenters. The second-order valence-electron chi connectivity index (χ2n) is 4.76. The zero-order valence-electron chi connectivity index (χ0n) is 11.9. The normalized spacial score (nSPS) is 10.6. The molecule has 0 saturated heterocycles. The molecule has 0 aliphatic rings. The average molecular weight is 290 g/mol. The SMILES string of the molecule is CCNCc1ccc(Cl)cc1N(C)Cc1ccncc1. The first-order valence-corrected chi connectivity index (χ1v) is 7.17. The monoisotopic (exact) mass is 289 g/mol. The van der Waals surface area contributed by atoms with Gasteiger partial charge in [0, 0.05) is 43.2 Å². The molecule has 0 radical (unpaired) electrons. The van der Waals surface area contributed by atoms with Gasteiger partial charge in [-0.05, 0) is 41.9 Å². The van der Waals surface area contributed by atoms with Gasteiger partial charge in [-0.25, -0.2) is 0 Å². The predicted molar refractivity (Wildman–Crippen MR) is 85.2 cm³/mol. The summed E-state index contributed by atoms with van der Waals surface area (Å²) in [4.78, 5) is 6.26. The molecular formula is C16H20ClN3. The fourth-order valence-electron chi connectivity index (χ4n) is 2.15. The van der Waals surface area contributed by atoms with Crippen LogP contribution in [0.3, 0.4) is 0 Å². The minimum Gasteiger partial charge on any atom is -0.370 e. The lowest BCUT2D eigenvalue weighted by Gasteiger charge is -2.23. The molecule has 4 heteroatoms. The van der Waals surface area contributed by atoms with E-state index in [0.717, 1.165) is 30.3 Å². The van der Waals surface area contributed by atoms with Crippen molar-refractivity contribution in [3.63, 3.8) is 0 Å². The molecule has 3 nitrogen and oxygen atoms in total. The second-order valence-corrected chi connectivity index (χ2v) is 5.20. The van der Waals surface area contributed by atoms with Crippen LogP contribution in [-0.2, 0) is 13.1 Å². The maximum absolute atomic E-state index is 6.14. The number of anilines is 1. The zero-order valence-corrected chi connectivity index (χ0v) is 12.7. The minimum atomic E-state index is 0.766. The molecule has 0 bridgehead atoms. The highest BCUT2D eigenvalue weighted by Crippen LogP contribution is 2.25. The predicted octanol–water partition coefficient (Wildman–Crippen LogP) is 3.48. The number of hydrogen-bond donors (Lipinski definition) is 1. The van der Waals surface area contributed by atoms with E-state index in [9.17, 15) is 0 Å². The molecule has 1 N–H and O–H groups in total. The Kier molecular flexibility index (Phi) is 5.39. The van der Waals surface area contributed by atoms with Crippen LogP contribution in [0.4, 0.5) is 5.69 Å². The molecule has 0 fully saturated rings. The smallest absolute Gasteiger partial charge is 0.0427 e. The van der Waals surface area contributed by atoms with Gasteiger partial charge in [0.2, 0.25) is 0 Å². The summed E-state index contributed by atoms with van der Waals surface area (Å²) in [6, 6.07) is 10.1. The summed E-state index contributed by atoms with van der Waals surface area (Å²) in [5.74, 6) is 0. The first kappa shape index (κ1) is 14.8. The number of nitrogens with zero attached hydrogens (tertiary/aromatic N) is 2. The van der Waals surface area contributed by atoms with Gasteiger partial charge in [0.15, 0.2) is 0 Å². The zero-order chi connectivity index (χ0) is 14.4. The standard InChI is InChI=1S/C16H20ClN3/c1-3-18-11-14-4-5-15(17)10-16(14)20(2)12-13-6-8-19-9-7-13/h4-10,18H,3,11-12H2,1-2H3. The molecule has 106 valence electrons.